The van der Waals surface area contributed by atoms with E-state index in [1.54, 1.807) is 0 Å². The molecule has 1 unspecified atom stereocenters. The molecule has 0 radical (unpaired) electrons. The Balaban J connectivity index is 0.00000288. The number of piperidine rings is 1. The van der Waals surface area contributed by atoms with Gasteiger partial charge in [0.15, 0.2) is 5.96 Å². The number of guanidine groups is 1. The van der Waals surface area contributed by atoms with Gasteiger partial charge in [-0.2, -0.15) is 13.2 Å². The second-order valence-corrected chi connectivity index (χ2v) is 6.49. The predicted molar refractivity (Wildman–Crippen MR) is 98.7 cm³/mol. The molecule has 2 aliphatic heterocycles. The third kappa shape index (κ3) is 7.73. The van der Waals surface area contributed by atoms with Crippen molar-refractivity contribution in [1.82, 2.24) is 9.80 Å². The van der Waals surface area contributed by atoms with Crippen LogP contribution < -0.4 is 5.73 Å². The summed E-state index contributed by atoms with van der Waals surface area (Å²) in [6.07, 6.45) is -1.43. The molecule has 2 fully saturated rings. The minimum atomic E-state index is -4.10. The van der Waals surface area contributed by atoms with Crippen molar-refractivity contribution in [3.63, 3.8) is 0 Å². The second-order valence-electron chi connectivity index (χ2n) is 6.49. The van der Waals surface area contributed by atoms with Crippen LogP contribution in [-0.4, -0.2) is 73.9 Å². The van der Waals surface area contributed by atoms with E-state index in [0.717, 1.165) is 32.4 Å². The van der Waals surface area contributed by atoms with E-state index in [-0.39, 0.29) is 30.1 Å². The van der Waals surface area contributed by atoms with E-state index in [1.165, 1.54) is 4.90 Å². The monoisotopic (exact) mass is 464 g/mol. The van der Waals surface area contributed by atoms with E-state index in [4.69, 9.17) is 10.5 Å². The van der Waals surface area contributed by atoms with Gasteiger partial charge in [-0.25, -0.2) is 0 Å². The van der Waals surface area contributed by atoms with Crippen molar-refractivity contribution in [2.75, 3.05) is 45.9 Å². The lowest BCUT2D eigenvalue weighted by Crippen LogP contribution is -2.48. The van der Waals surface area contributed by atoms with Crippen LogP contribution in [0.15, 0.2) is 4.99 Å². The molecule has 0 aliphatic carbocycles. The van der Waals surface area contributed by atoms with Gasteiger partial charge in [0.1, 0.15) is 0 Å². The highest BCUT2D eigenvalue weighted by molar-refractivity contribution is 14.0. The molecule has 1 atom stereocenters. The van der Waals surface area contributed by atoms with Crippen LogP contribution in [0.25, 0.3) is 0 Å². The average molecular weight is 464 g/mol. The van der Waals surface area contributed by atoms with Crippen molar-refractivity contribution < 1.29 is 17.9 Å². The molecule has 5 nitrogen and oxygen atoms in total. The van der Waals surface area contributed by atoms with Crippen LogP contribution in [0.1, 0.15) is 26.2 Å². The summed E-state index contributed by atoms with van der Waals surface area (Å²) in [7, 11) is 0. The molecule has 0 aromatic carbocycles. The SMILES string of the molecule is CC1CN(C(N)=NCCC2CCN(CC(F)(F)F)CC2)CCO1.I. The van der Waals surface area contributed by atoms with Crippen molar-refractivity contribution >= 4 is 29.9 Å². The summed E-state index contributed by atoms with van der Waals surface area (Å²) in [6.45, 7) is 5.07. The van der Waals surface area contributed by atoms with Crippen molar-refractivity contribution in [3.05, 3.63) is 0 Å². The number of hydrogen-bond acceptors (Lipinski definition) is 3. The molecular weight excluding hydrogens is 436 g/mol. The van der Waals surface area contributed by atoms with E-state index < -0.39 is 12.7 Å². The zero-order valence-corrected chi connectivity index (χ0v) is 16.4. The Morgan fingerprint density at radius 3 is 2.50 bits per heavy atom. The van der Waals surface area contributed by atoms with Crippen molar-refractivity contribution in [3.8, 4) is 0 Å². The molecule has 0 amide bonds. The van der Waals surface area contributed by atoms with Gasteiger partial charge in [0, 0.05) is 19.6 Å². The van der Waals surface area contributed by atoms with E-state index in [2.05, 4.69) is 4.99 Å². The minimum Gasteiger partial charge on any atom is -0.375 e. The Hall–Kier alpha value is -0.290. The topological polar surface area (TPSA) is 54.1 Å². The highest BCUT2D eigenvalue weighted by Gasteiger charge is 2.32. The Morgan fingerprint density at radius 1 is 1.25 bits per heavy atom. The van der Waals surface area contributed by atoms with E-state index in [9.17, 15) is 13.2 Å². The summed E-state index contributed by atoms with van der Waals surface area (Å²) in [5.41, 5.74) is 6.00. The number of rotatable bonds is 4. The fourth-order valence-corrected chi connectivity index (χ4v) is 3.17. The number of hydrogen-bond donors (Lipinski definition) is 1. The summed E-state index contributed by atoms with van der Waals surface area (Å²) >= 11 is 0. The van der Waals surface area contributed by atoms with E-state index in [0.29, 0.717) is 38.1 Å². The van der Waals surface area contributed by atoms with Gasteiger partial charge in [-0.3, -0.25) is 9.89 Å². The molecule has 0 aromatic heterocycles. The molecule has 9 heteroatoms. The fraction of sp³-hybridized carbons (Fsp3) is 0.933. The highest BCUT2D eigenvalue weighted by atomic mass is 127. The van der Waals surface area contributed by atoms with Crippen LogP contribution in [0.5, 0.6) is 0 Å². The van der Waals surface area contributed by atoms with Gasteiger partial charge in [0.25, 0.3) is 0 Å². The maximum atomic E-state index is 12.3. The Morgan fingerprint density at radius 2 is 1.92 bits per heavy atom. The predicted octanol–water partition coefficient (Wildman–Crippen LogP) is 2.30. The van der Waals surface area contributed by atoms with Crippen LogP contribution in [-0.2, 0) is 4.74 Å². The molecule has 2 rings (SSSR count). The molecule has 0 spiro atoms. The summed E-state index contributed by atoms with van der Waals surface area (Å²) in [4.78, 5) is 7.94. The first-order valence-electron chi connectivity index (χ1n) is 8.29. The molecule has 2 heterocycles. The standard InChI is InChI=1S/C15H27F3N4O.HI/c1-12-10-22(8-9-23-12)14(19)20-5-2-13-3-6-21(7-4-13)11-15(16,17)18;/h12-13H,2-11H2,1H3,(H2,19,20);1H. The minimum absolute atomic E-state index is 0. The van der Waals surface area contributed by atoms with Crippen LogP contribution in [0, 0.1) is 5.92 Å². The van der Waals surface area contributed by atoms with Crippen LogP contribution >= 0.6 is 24.0 Å². The largest absolute Gasteiger partial charge is 0.401 e. The molecule has 2 saturated heterocycles. The average Bonchev–Trinajstić information content (AvgIpc) is 2.47. The number of ether oxygens (including phenoxy) is 1. The summed E-state index contributed by atoms with van der Waals surface area (Å²) in [5.74, 6) is 0.995. The normalized spacial score (nSPS) is 24.8. The molecule has 0 aromatic rings. The van der Waals surface area contributed by atoms with E-state index in [1.807, 2.05) is 11.8 Å². The smallest absolute Gasteiger partial charge is 0.375 e. The number of nitrogens with zero attached hydrogens (tertiary/aromatic N) is 3. The van der Waals surface area contributed by atoms with Crippen LogP contribution in [0.4, 0.5) is 13.2 Å². The van der Waals surface area contributed by atoms with Crippen molar-refractivity contribution in [2.24, 2.45) is 16.6 Å². The first-order valence-corrected chi connectivity index (χ1v) is 8.29. The quantitative estimate of drug-likeness (QED) is 0.394. The zero-order chi connectivity index (χ0) is 16.9. The Labute approximate surface area is 158 Å². The van der Waals surface area contributed by atoms with Gasteiger partial charge >= 0.3 is 6.18 Å². The number of likely N-dealkylation sites (tertiary alicyclic amines) is 1. The van der Waals surface area contributed by atoms with Crippen molar-refractivity contribution in [1.29, 1.82) is 0 Å². The number of halogens is 4. The Bertz CT molecular complexity index is 401. The first kappa shape index (κ1) is 21.8. The number of aliphatic imine (C=N–C) groups is 1. The van der Waals surface area contributed by atoms with Crippen molar-refractivity contribution in [2.45, 2.75) is 38.5 Å². The number of morpholine rings is 1. The molecule has 24 heavy (non-hydrogen) atoms. The third-order valence-electron chi connectivity index (χ3n) is 4.49. The first-order chi connectivity index (χ1) is 10.8. The van der Waals surface area contributed by atoms with Crippen LogP contribution in [0.3, 0.4) is 0 Å². The van der Waals surface area contributed by atoms with Gasteiger partial charge in [0.05, 0.1) is 19.3 Å². The molecule has 142 valence electrons. The fourth-order valence-electron chi connectivity index (χ4n) is 3.17. The van der Waals surface area contributed by atoms with Gasteiger partial charge < -0.3 is 15.4 Å². The maximum Gasteiger partial charge on any atom is 0.401 e. The lowest BCUT2D eigenvalue weighted by atomic mass is 9.93. The maximum absolute atomic E-state index is 12.3. The number of alkyl halides is 3. The van der Waals surface area contributed by atoms with Crippen LogP contribution in [0.2, 0.25) is 0 Å². The lowest BCUT2D eigenvalue weighted by Gasteiger charge is -2.33. The van der Waals surface area contributed by atoms with E-state index >= 15 is 0 Å². The molecular formula is C15H28F3IN4O. The number of nitrogens with two attached hydrogens (primary N) is 1. The van der Waals surface area contributed by atoms with Gasteiger partial charge in [-0.15, -0.1) is 24.0 Å². The molecule has 0 bridgehead atoms. The summed E-state index contributed by atoms with van der Waals surface area (Å²) in [5, 5.41) is 0. The second kappa shape index (κ2) is 10.0. The van der Waals surface area contributed by atoms with Gasteiger partial charge in [-0.1, -0.05) is 0 Å². The molecule has 0 saturated carbocycles. The highest BCUT2D eigenvalue weighted by Crippen LogP contribution is 2.24. The Kier molecular flexibility index (Phi) is 9.07. The third-order valence-corrected chi connectivity index (χ3v) is 4.49. The van der Waals surface area contributed by atoms with Gasteiger partial charge in [-0.05, 0) is 45.2 Å². The molecule has 2 N–H and O–H groups in total. The summed E-state index contributed by atoms with van der Waals surface area (Å²) in [6, 6.07) is 0. The molecule has 2 aliphatic rings. The zero-order valence-electron chi connectivity index (χ0n) is 14.1. The van der Waals surface area contributed by atoms with Gasteiger partial charge in [0.2, 0.25) is 0 Å². The lowest BCUT2D eigenvalue weighted by molar-refractivity contribution is -0.148. The summed E-state index contributed by atoms with van der Waals surface area (Å²) < 4.78 is 42.5.